The molecule has 1 aliphatic heterocycles. The molecule has 2 N–H and O–H groups in total. The smallest absolute Gasteiger partial charge is 0.312 e. The summed E-state index contributed by atoms with van der Waals surface area (Å²) in [7, 11) is 0. The van der Waals surface area contributed by atoms with E-state index in [1.807, 2.05) is 24.3 Å². The van der Waals surface area contributed by atoms with Crippen LogP contribution in [0.5, 0.6) is 0 Å². The number of aliphatic carboxylic acids is 1. The maximum absolute atomic E-state index is 11.2. The van der Waals surface area contributed by atoms with E-state index in [0.29, 0.717) is 6.54 Å². The topological polar surface area (TPSA) is 60.8 Å². The molecule has 1 aromatic carbocycles. The molecule has 0 aliphatic carbocycles. The van der Waals surface area contributed by atoms with Crippen molar-refractivity contribution in [1.29, 1.82) is 0 Å². The van der Waals surface area contributed by atoms with Gasteiger partial charge in [-0.3, -0.25) is 4.79 Å². The summed E-state index contributed by atoms with van der Waals surface area (Å²) >= 11 is 0. The number of aliphatic hydroxyl groups excluding tert-OH is 1. The molecule has 98 valence electrons. The van der Waals surface area contributed by atoms with Gasteiger partial charge in [-0.05, 0) is 30.9 Å². The number of fused-ring (bicyclic) bond motifs is 1. The van der Waals surface area contributed by atoms with Crippen LogP contribution in [0.4, 0.5) is 5.69 Å². The van der Waals surface area contributed by atoms with Crippen LogP contribution in [0, 0.1) is 0 Å². The number of carboxylic acids is 1. The number of carboxylic acid groups (broad SMARTS) is 1. The molecule has 1 heterocycles. The monoisotopic (exact) mass is 249 g/mol. The fourth-order valence-corrected chi connectivity index (χ4v) is 2.50. The number of hydrogen-bond donors (Lipinski definition) is 2. The van der Waals surface area contributed by atoms with Gasteiger partial charge in [0.2, 0.25) is 0 Å². The third-order valence-corrected chi connectivity index (χ3v) is 3.44. The van der Waals surface area contributed by atoms with Gasteiger partial charge in [-0.2, -0.15) is 0 Å². The molecule has 1 aromatic rings. The van der Waals surface area contributed by atoms with Gasteiger partial charge in [-0.1, -0.05) is 18.2 Å². The van der Waals surface area contributed by atoms with E-state index in [2.05, 4.69) is 4.90 Å². The zero-order valence-electron chi connectivity index (χ0n) is 10.4. The summed E-state index contributed by atoms with van der Waals surface area (Å²) in [5.74, 6) is -1.15. The highest BCUT2D eigenvalue weighted by Crippen LogP contribution is 2.36. The molecule has 0 amide bonds. The molecule has 0 saturated heterocycles. The normalized spacial score (nSPS) is 17.8. The first-order valence-corrected chi connectivity index (χ1v) is 6.41. The largest absolute Gasteiger partial charge is 0.481 e. The molecular weight excluding hydrogens is 230 g/mol. The van der Waals surface area contributed by atoms with Gasteiger partial charge in [0.15, 0.2) is 0 Å². The number of anilines is 1. The predicted octanol–water partition coefficient (Wildman–Crippen LogP) is 1.84. The van der Waals surface area contributed by atoms with Gasteiger partial charge in [-0.25, -0.2) is 0 Å². The number of hydrogen-bond acceptors (Lipinski definition) is 3. The Balaban J connectivity index is 2.04. The molecule has 2 rings (SSSR count). The van der Waals surface area contributed by atoms with Crippen molar-refractivity contribution in [3.63, 3.8) is 0 Å². The van der Waals surface area contributed by atoms with E-state index in [-0.39, 0.29) is 6.61 Å². The molecule has 1 unspecified atom stereocenters. The van der Waals surface area contributed by atoms with Crippen LogP contribution in [0.15, 0.2) is 24.3 Å². The number of unbranched alkanes of at least 4 members (excludes halogenated alkanes) is 2. The zero-order valence-corrected chi connectivity index (χ0v) is 10.4. The Labute approximate surface area is 107 Å². The van der Waals surface area contributed by atoms with E-state index < -0.39 is 11.9 Å². The first kappa shape index (κ1) is 12.9. The third kappa shape index (κ3) is 2.64. The van der Waals surface area contributed by atoms with Crippen molar-refractivity contribution < 1.29 is 15.0 Å². The Morgan fingerprint density at radius 2 is 2.06 bits per heavy atom. The molecule has 0 fully saturated rings. The third-order valence-electron chi connectivity index (χ3n) is 3.44. The lowest BCUT2D eigenvalue weighted by Gasteiger charge is -2.19. The molecule has 1 atom stereocenters. The molecule has 1 aliphatic rings. The average Bonchev–Trinajstić information content (AvgIpc) is 2.74. The lowest BCUT2D eigenvalue weighted by molar-refractivity contribution is -0.138. The number of para-hydroxylation sites is 1. The highest BCUT2D eigenvalue weighted by Gasteiger charge is 2.32. The summed E-state index contributed by atoms with van der Waals surface area (Å²) < 4.78 is 0. The minimum atomic E-state index is -0.750. The standard InChI is InChI=1S/C14H19NO3/c16-9-5-1-4-8-15-10-12(14(17)18)11-6-2-3-7-13(11)15/h2-3,6-7,12,16H,1,4-5,8-10H2,(H,17,18). The zero-order chi connectivity index (χ0) is 13.0. The lowest BCUT2D eigenvalue weighted by atomic mass is 10.0. The lowest BCUT2D eigenvalue weighted by Crippen LogP contribution is -2.25. The first-order valence-electron chi connectivity index (χ1n) is 6.41. The Kier molecular flexibility index (Phi) is 4.20. The minimum absolute atomic E-state index is 0.230. The van der Waals surface area contributed by atoms with Crippen LogP contribution in [0.25, 0.3) is 0 Å². The summed E-state index contributed by atoms with van der Waals surface area (Å²) in [4.78, 5) is 13.4. The predicted molar refractivity (Wildman–Crippen MR) is 70.0 cm³/mol. The van der Waals surface area contributed by atoms with Gasteiger partial charge in [0, 0.05) is 25.4 Å². The highest BCUT2D eigenvalue weighted by atomic mass is 16.4. The van der Waals surface area contributed by atoms with Crippen molar-refractivity contribution in [2.45, 2.75) is 25.2 Å². The van der Waals surface area contributed by atoms with Crippen molar-refractivity contribution in [3.8, 4) is 0 Å². The van der Waals surface area contributed by atoms with Crippen LogP contribution in [-0.2, 0) is 4.79 Å². The molecule has 18 heavy (non-hydrogen) atoms. The van der Waals surface area contributed by atoms with Gasteiger partial charge in [-0.15, -0.1) is 0 Å². The van der Waals surface area contributed by atoms with Crippen LogP contribution < -0.4 is 4.90 Å². The van der Waals surface area contributed by atoms with E-state index >= 15 is 0 Å². The quantitative estimate of drug-likeness (QED) is 0.755. The van der Waals surface area contributed by atoms with Gasteiger partial charge >= 0.3 is 5.97 Å². The van der Waals surface area contributed by atoms with Crippen molar-refractivity contribution >= 4 is 11.7 Å². The second-order valence-corrected chi connectivity index (χ2v) is 4.68. The summed E-state index contributed by atoms with van der Waals surface area (Å²) in [6, 6.07) is 7.74. The number of rotatable bonds is 6. The summed E-state index contributed by atoms with van der Waals surface area (Å²) in [6.45, 7) is 1.66. The average molecular weight is 249 g/mol. The maximum atomic E-state index is 11.2. The second-order valence-electron chi connectivity index (χ2n) is 4.68. The molecule has 0 saturated carbocycles. The Bertz CT molecular complexity index is 419. The molecule has 4 nitrogen and oxygen atoms in total. The van der Waals surface area contributed by atoms with E-state index in [9.17, 15) is 9.90 Å². The summed E-state index contributed by atoms with van der Waals surface area (Å²) in [5, 5.41) is 18.0. The van der Waals surface area contributed by atoms with Gasteiger partial charge in [0.05, 0.1) is 0 Å². The SMILES string of the molecule is O=C(O)C1CN(CCCCCO)c2ccccc21. The number of carbonyl (C=O) groups is 1. The number of nitrogens with zero attached hydrogens (tertiary/aromatic N) is 1. The van der Waals surface area contributed by atoms with Crippen molar-refractivity contribution in [2.75, 3.05) is 24.6 Å². The van der Waals surface area contributed by atoms with Crippen molar-refractivity contribution in [3.05, 3.63) is 29.8 Å². The van der Waals surface area contributed by atoms with Crippen LogP contribution in [0.2, 0.25) is 0 Å². The van der Waals surface area contributed by atoms with Crippen LogP contribution in [0.1, 0.15) is 30.7 Å². The van der Waals surface area contributed by atoms with Gasteiger partial charge in [0.25, 0.3) is 0 Å². The minimum Gasteiger partial charge on any atom is -0.481 e. The van der Waals surface area contributed by atoms with Gasteiger partial charge in [0.1, 0.15) is 5.92 Å². The van der Waals surface area contributed by atoms with Crippen LogP contribution >= 0.6 is 0 Å². The Morgan fingerprint density at radius 3 is 2.78 bits per heavy atom. The fourth-order valence-electron chi connectivity index (χ4n) is 2.50. The summed E-state index contributed by atoms with van der Waals surface area (Å²) in [5.41, 5.74) is 1.97. The van der Waals surface area contributed by atoms with E-state index in [4.69, 9.17) is 5.11 Å². The van der Waals surface area contributed by atoms with E-state index in [1.54, 1.807) is 0 Å². The van der Waals surface area contributed by atoms with E-state index in [0.717, 1.165) is 37.1 Å². The molecule has 0 aromatic heterocycles. The van der Waals surface area contributed by atoms with Crippen molar-refractivity contribution in [1.82, 2.24) is 0 Å². The molecule has 0 radical (unpaired) electrons. The highest BCUT2D eigenvalue weighted by molar-refractivity contribution is 5.82. The molecule has 4 heteroatoms. The van der Waals surface area contributed by atoms with Gasteiger partial charge < -0.3 is 15.1 Å². The second kappa shape index (κ2) is 5.87. The maximum Gasteiger partial charge on any atom is 0.312 e. The number of benzene rings is 1. The van der Waals surface area contributed by atoms with Crippen LogP contribution in [-0.4, -0.2) is 35.9 Å². The fraction of sp³-hybridized carbons (Fsp3) is 0.500. The van der Waals surface area contributed by atoms with Crippen molar-refractivity contribution in [2.24, 2.45) is 0 Å². The molecular formula is C14H19NO3. The number of aliphatic hydroxyl groups is 1. The van der Waals surface area contributed by atoms with E-state index in [1.165, 1.54) is 0 Å². The van der Waals surface area contributed by atoms with Crippen LogP contribution in [0.3, 0.4) is 0 Å². The molecule has 0 bridgehead atoms. The molecule has 0 spiro atoms. The Morgan fingerprint density at radius 1 is 1.28 bits per heavy atom. The first-order chi connectivity index (χ1) is 8.74. The Hall–Kier alpha value is -1.55. The summed E-state index contributed by atoms with van der Waals surface area (Å²) in [6.07, 6.45) is 2.78.